The van der Waals surface area contributed by atoms with Crippen LogP contribution in [0.5, 0.6) is 0 Å². The summed E-state index contributed by atoms with van der Waals surface area (Å²) in [5.74, 6) is 2.91. The molecule has 4 rings (SSSR count). The highest BCUT2D eigenvalue weighted by molar-refractivity contribution is 5.76. The third-order valence-electron chi connectivity index (χ3n) is 6.20. The third kappa shape index (κ3) is 4.91. The molecule has 2 N–H and O–H groups in total. The quantitative estimate of drug-likeness (QED) is 0.526. The van der Waals surface area contributed by atoms with Crippen LogP contribution in [0.25, 0.3) is 0 Å². The van der Waals surface area contributed by atoms with Gasteiger partial charge in [0.15, 0.2) is 0 Å². The summed E-state index contributed by atoms with van der Waals surface area (Å²) in [6.45, 7) is 3.29. The molecule has 5 heteroatoms. The standard InChI is InChI=1S/C25H30N4O/c1-2-3-15-25(26-27-25)16-14-23(30)28-17-19-29(20-18-28)24(21-10-6-4-7-11-21)22-12-8-5-9-13-22/h1,4-13,24,26-27H,3,14-20H2. The van der Waals surface area contributed by atoms with Crippen molar-refractivity contribution in [3.05, 3.63) is 71.8 Å². The average molecular weight is 403 g/mol. The number of rotatable bonds is 8. The summed E-state index contributed by atoms with van der Waals surface area (Å²) < 4.78 is 0. The van der Waals surface area contributed by atoms with E-state index in [9.17, 15) is 4.79 Å². The molecule has 2 saturated heterocycles. The van der Waals surface area contributed by atoms with Gasteiger partial charge < -0.3 is 4.90 Å². The second-order valence-electron chi connectivity index (χ2n) is 8.18. The maximum Gasteiger partial charge on any atom is 0.222 e. The van der Waals surface area contributed by atoms with Crippen molar-refractivity contribution in [3.63, 3.8) is 0 Å². The van der Waals surface area contributed by atoms with Gasteiger partial charge in [-0.2, -0.15) is 0 Å². The number of nitrogens with one attached hydrogen (secondary N) is 2. The van der Waals surface area contributed by atoms with E-state index < -0.39 is 0 Å². The van der Waals surface area contributed by atoms with Gasteiger partial charge in [0.2, 0.25) is 5.91 Å². The van der Waals surface area contributed by atoms with Gasteiger partial charge in [-0.25, -0.2) is 10.9 Å². The highest BCUT2D eigenvalue weighted by Crippen LogP contribution is 2.30. The van der Waals surface area contributed by atoms with E-state index in [-0.39, 0.29) is 17.6 Å². The maximum atomic E-state index is 12.8. The zero-order valence-corrected chi connectivity index (χ0v) is 17.4. The monoisotopic (exact) mass is 402 g/mol. The molecule has 2 aromatic rings. The Morgan fingerprint density at radius 2 is 1.50 bits per heavy atom. The van der Waals surface area contributed by atoms with Crippen molar-refractivity contribution < 1.29 is 4.79 Å². The van der Waals surface area contributed by atoms with Crippen LogP contribution < -0.4 is 10.9 Å². The second kappa shape index (κ2) is 9.44. The van der Waals surface area contributed by atoms with Crippen LogP contribution in [-0.4, -0.2) is 47.5 Å². The molecule has 0 radical (unpaired) electrons. The van der Waals surface area contributed by atoms with Crippen molar-refractivity contribution in [3.8, 4) is 12.3 Å². The number of hydrogen-bond donors (Lipinski definition) is 2. The molecule has 0 saturated carbocycles. The van der Waals surface area contributed by atoms with Gasteiger partial charge in [-0.1, -0.05) is 60.7 Å². The number of carbonyl (C=O) groups excluding carboxylic acids is 1. The Labute approximate surface area is 179 Å². The van der Waals surface area contributed by atoms with E-state index in [1.54, 1.807) is 0 Å². The first-order valence-corrected chi connectivity index (χ1v) is 10.8. The lowest BCUT2D eigenvalue weighted by atomic mass is 9.96. The third-order valence-corrected chi connectivity index (χ3v) is 6.20. The second-order valence-corrected chi connectivity index (χ2v) is 8.18. The molecular formula is C25H30N4O. The van der Waals surface area contributed by atoms with Gasteiger partial charge in [-0.15, -0.1) is 12.3 Å². The van der Waals surface area contributed by atoms with Crippen LogP contribution in [0, 0.1) is 12.3 Å². The van der Waals surface area contributed by atoms with Crippen molar-refractivity contribution in [1.82, 2.24) is 20.7 Å². The molecule has 1 amide bonds. The van der Waals surface area contributed by atoms with Crippen molar-refractivity contribution in [1.29, 1.82) is 0 Å². The molecule has 0 atom stereocenters. The van der Waals surface area contributed by atoms with Gasteiger partial charge in [0.25, 0.3) is 0 Å². The molecule has 5 nitrogen and oxygen atoms in total. The van der Waals surface area contributed by atoms with E-state index >= 15 is 0 Å². The van der Waals surface area contributed by atoms with E-state index in [1.165, 1.54) is 11.1 Å². The normalized spacial score (nSPS) is 18.2. The lowest BCUT2D eigenvalue weighted by Gasteiger charge is -2.40. The fraction of sp³-hybridized carbons (Fsp3) is 0.400. The molecule has 30 heavy (non-hydrogen) atoms. The van der Waals surface area contributed by atoms with Crippen molar-refractivity contribution in [2.24, 2.45) is 0 Å². The Kier molecular flexibility index (Phi) is 6.49. The minimum absolute atomic E-state index is 0.129. The SMILES string of the molecule is C#CCCC1(CCC(=O)N2CCN(C(c3ccccc3)c3ccccc3)CC2)NN1. The van der Waals surface area contributed by atoms with Crippen LogP contribution in [0.15, 0.2) is 60.7 Å². The van der Waals surface area contributed by atoms with Crippen LogP contribution >= 0.6 is 0 Å². The zero-order chi connectivity index (χ0) is 20.8. The number of hydrogen-bond acceptors (Lipinski definition) is 4. The van der Waals surface area contributed by atoms with Gasteiger partial charge in [0.1, 0.15) is 0 Å². The predicted octanol–water partition coefficient (Wildman–Crippen LogP) is 2.92. The molecule has 0 spiro atoms. The number of piperazine rings is 1. The fourth-order valence-electron chi connectivity index (χ4n) is 4.34. The molecule has 2 aliphatic rings. The Hall–Kier alpha value is -2.65. The summed E-state index contributed by atoms with van der Waals surface area (Å²) >= 11 is 0. The fourth-order valence-corrected chi connectivity index (χ4v) is 4.34. The van der Waals surface area contributed by atoms with Gasteiger partial charge in [-0.3, -0.25) is 9.69 Å². The van der Waals surface area contributed by atoms with Crippen LogP contribution in [0.1, 0.15) is 42.9 Å². The van der Waals surface area contributed by atoms with E-state index in [1.807, 2.05) is 4.90 Å². The van der Waals surface area contributed by atoms with Crippen molar-refractivity contribution >= 4 is 5.91 Å². The number of nitrogens with zero attached hydrogens (tertiary/aromatic N) is 2. The molecule has 0 aliphatic carbocycles. The number of benzene rings is 2. The first-order chi connectivity index (χ1) is 14.7. The number of terminal acetylenes is 1. The van der Waals surface area contributed by atoms with E-state index in [4.69, 9.17) is 6.42 Å². The predicted molar refractivity (Wildman–Crippen MR) is 119 cm³/mol. The van der Waals surface area contributed by atoms with Gasteiger partial charge in [-0.05, 0) is 24.0 Å². The van der Waals surface area contributed by atoms with Crippen molar-refractivity contribution in [2.75, 3.05) is 26.2 Å². The molecule has 2 heterocycles. The zero-order valence-electron chi connectivity index (χ0n) is 17.4. The van der Waals surface area contributed by atoms with Crippen LogP contribution in [0.4, 0.5) is 0 Å². The van der Waals surface area contributed by atoms with Crippen LogP contribution in [0.2, 0.25) is 0 Å². The molecule has 2 fully saturated rings. The molecule has 0 unspecified atom stereocenters. The van der Waals surface area contributed by atoms with E-state index in [2.05, 4.69) is 82.3 Å². The lowest BCUT2D eigenvalue weighted by molar-refractivity contribution is -0.133. The highest BCUT2D eigenvalue weighted by Gasteiger charge is 2.41. The van der Waals surface area contributed by atoms with Crippen LogP contribution in [0.3, 0.4) is 0 Å². The van der Waals surface area contributed by atoms with Gasteiger partial charge in [0.05, 0.1) is 11.7 Å². The Bertz CT molecular complexity index is 826. The Morgan fingerprint density at radius 3 is 2.00 bits per heavy atom. The molecular weight excluding hydrogens is 372 g/mol. The Balaban J connectivity index is 1.35. The molecule has 0 bridgehead atoms. The number of amides is 1. The highest BCUT2D eigenvalue weighted by atomic mass is 16.2. The summed E-state index contributed by atoms with van der Waals surface area (Å²) in [7, 11) is 0. The van der Waals surface area contributed by atoms with Crippen LogP contribution in [-0.2, 0) is 4.79 Å². The summed E-state index contributed by atoms with van der Waals surface area (Å²) in [4.78, 5) is 17.3. The van der Waals surface area contributed by atoms with Crippen molar-refractivity contribution in [2.45, 2.75) is 37.4 Å². The minimum Gasteiger partial charge on any atom is -0.340 e. The first-order valence-electron chi connectivity index (χ1n) is 10.8. The number of carbonyl (C=O) groups is 1. The summed E-state index contributed by atoms with van der Waals surface area (Å²) in [6.07, 6.45) is 8.28. The van der Waals surface area contributed by atoms with Gasteiger partial charge >= 0.3 is 0 Å². The summed E-state index contributed by atoms with van der Waals surface area (Å²) in [6, 6.07) is 21.5. The van der Waals surface area contributed by atoms with E-state index in [0.717, 1.165) is 39.0 Å². The summed E-state index contributed by atoms with van der Waals surface area (Å²) in [5, 5.41) is 0. The molecule has 2 aromatic carbocycles. The molecule has 2 aliphatic heterocycles. The summed E-state index contributed by atoms with van der Waals surface area (Å²) in [5.41, 5.74) is 8.81. The number of hydrazine groups is 1. The lowest BCUT2D eigenvalue weighted by Crippen LogP contribution is -2.50. The molecule has 0 aromatic heterocycles. The topological polar surface area (TPSA) is 67.4 Å². The minimum atomic E-state index is -0.129. The smallest absolute Gasteiger partial charge is 0.222 e. The largest absolute Gasteiger partial charge is 0.340 e. The first kappa shape index (κ1) is 20.6. The van der Waals surface area contributed by atoms with Gasteiger partial charge in [0, 0.05) is 39.0 Å². The van der Waals surface area contributed by atoms with E-state index in [0.29, 0.717) is 12.8 Å². The molecule has 156 valence electrons. The average Bonchev–Trinajstić information content (AvgIpc) is 3.58. The maximum absolute atomic E-state index is 12.8. The Morgan fingerprint density at radius 1 is 0.933 bits per heavy atom.